The number of guanidine groups is 1. The molecule has 0 unspecified atom stereocenters. The average Bonchev–Trinajstić information content (AvgIpc) is 3.06. The monoisotopic (exact) mass is 434 g/mol. The summed E-state index contributed by atoms with van der Waals surface area (Å²) < 4.78 is 33.5. The van der Waals surface area contributed by atoms with Gasteiger partial charge in [-0.2, -0.15) is 4.31 Å². The summed E-state index contributed by atoms with van der Waals surface area (Å²) in [6, 6.07) is 7.09. The standard InChI is InChI=1S/C20H30N6O3S/c1-15-16(2)29-19(24-15)14-23-20(21-3)22-13-17-7-5-6-8-18(17)30(27,28)26-11-9-25(4)10-12-26/h5-8H,9-14H2,1-4H3,(H2,21,22,23). The van der Waals surface area contributed by atoms with Crippen molar-refractivity contribution in [2.75, 3.05) is 40.3 Å². The van der Waals surface area contributed by atoms with Crippen LogP contribution in [0.1, 0.15) is 22.9 Å². The molecule has 1 aliphatic heterocycles. The maximum absolute atomic E-state index is 13.2. The Kier molecular flexibility index (Phi) is 7.11. The van der Waals surface area contributed by atoms with Crippen LogP contribution in [-0.2, 0) is 23.1 Å². The molecule has 0 saturated carbocycles. The zero-order chi connectivity index (χ0) is 21.7. The van der Waals surface area contributed by atoms with Gasteiger partial charge in [-0.3, -0.25) is 4.99 Å². The molecular formula is C20H30N6O3S. The summed E-state index contributed by atoms with van der Waals surface area (Å²) >= 11 is 0. The Morgan fingerprint density at radius 2 is 1.80 bits per heavy atom. The number of aromatic nitrogens is 1. The molecule has 1 saturated heterocycles. The number of hydrogen-bond donors (Lipinski definition) is 2. The molecule has 0 spiro atoms. The van der Waals surface area contributed by atoms with Gasteiger partial charge in [0, 0.05) is 39.8 Å². The Hall–Kier alpha value is -2.43. The van der Waals surface area contributed by atoms with E-state index in [4.69, 9.17) is 4.42 Å². The molecule has 0 amide bonds. The first-order valence-corrected chi connectivity index (χ1v) is 11.4. The van der Waals surface area contributed by atoms with Gasteiger partial charge in [-0.15, -0.1) is 0 Å². The van der Waals surface area contributed by atoms with E-state index >= 15 is 0 Å². The van der Waals surface area contributed by atoms with Gasteiger partial charge in [-0.05, 0) is 32.5 Å². The van der Waals surface area contributed by atoms with Crippen LogP contribution in [0.5, 0.6) is 0 Å². The maximum atomic E-state index is 13.2. The normalized spacial score (nSPS) is 16.6. The summed E-state index contributed by atoms with van der Waals surface area (Å²) in [6.45, 7) is 6.94. The zero-order valence-corrected chi connectivity index (χ0v) is 18.8. The van der Waals surface area contributed by atoms with Crippen molar-refractivity contribution >= 4 is 16.0 Å². The van der Waals surface area contributed by atoms with E-state index in [9.17, 15) is 8.42 Å². The molecule has 0 radical (unpaired) electrons. The smallest absolute Gasteiger partial charge is 0.243 e. The molecule has 2 N–H and O–H groups in total. The predicted molar refractivity (Wildman–Crippen MR) is 116 cm³/mol. The lowest BCUT2D eigenvalue weighted by Crippen LogP contribution is -2.47. The van der Waals surface area contributed by atoms with Crippen molar-refractivity contribution in [2.24, 2.45) is 4.99 Å². The summed E-state index contributed by atoms with van der Waals surface area (Å²) in [5.74, 6) is 1.90. The fourth-order valence-corrected chi connectivity index (χ4v) is 4.89. The SMILES string of the molecule is CN=C(NCc1nc(C)c(C)o1)NCc1ccccc1S(=O)(=O)N1CCN(C)CC1. The third-order valence-corrected chi connectivity index (χ3v) is 7.20. The fraction of sp³-hybridized carbons (Fsp3) is 0.500. The van der Waals surface area contributed by atoms with Gasteiger partial charge in [-0.1, -0.05) is 18.2 Å². The third-order valence-electron chi connectivity index (χ3n) is 5.20. The second-order valence-corrected chi connectivity index (χ2v) is 9.25. The molecular weight excluding hydrogens is 404 g/mol. The van der Waals surface area contributed by atoms with Gasteiger partial charge >= 0.3 is 0 Å². The first-order chi connectivity index (χ1) is 14.3. The third kappa shape index (κ3) is 5.18. The van der Waals surface area contributed by atoms with Crippen LogP contribution >= 0.6 is 0 Å². The zero-order valence-electron chi connectivity index (χ0n) is 18.0. The minimum Gasteiger partial charge on any atom is -0.444 e. The molecule has 3 rings (SSSR count). The minimum absolute atomic E-state index is 0.326. The van der Waals surface area contributed by atoms with Gasteiger partial charge in [0.1, 0.15) is 5.76 Å². The molecule has 2 heterocycles. The van der Waals surface area contributed by atoms with E-state index in [1.165, 1.54) is 0 Å². The number of aliphatic imine (C=N–C) groups is 1. The summed E-state index contributed by atoms with van der Waals surface area (Å²) in [5.41, 5.74) is 1.56. The number of nitrogens with zero attached hydrogens (tertiary/aromatic N) is 4. The number of aryl methyl sites for hydroxylation is 2. The van der Waals surface area contributed by atoms with E-state index in [0.29, 0.717) is 48.5 Å². The Balaban J connectivity index is 1.66. The van der Waals surface area contributed by atoms with Gasteiger partial charge in [0.05, 0.1) is 17.1 Å². The number of likely N-dealkylation sites (N-methyl/N-ethyl adjacent to an activating group) is 1. The first-order valence-electron chi connectivity index (χ1n) is 9.95. The van der Waals surface area contributed by atoms with Crippen molar-refractivity contribution in [3.05, 3.63) is 47.2 Å². The van der Waals surface area contributed by atoms with Crippen LogP contribution < -0.4 is 10.6 Å². The number of rotatable bonds is 6. The number of hydrogen-bond acceptors (Lipinski definition) is 6. The molecule has 9 nitrogen and oxygen atoms in total. The van der Waals surface area contributed by atoms with Crippen LogP contribution in [0.4, 0.5) is 0 Å². The Morgan fingerprint density at radius 3 is 2.43 bits per heavy atom. The number of nitrogens with one attached hydrogen (secondary N) is 2. The number of piperazine rings is 1. The van der Waals surface area contributed by atoms with Gasteiger partial charge in [0.2, 0.25) is 15.9 Å². The van der Waals surface area contributed by atoms with Crippen LogP contribution in [-0.4, -0.2) is 68.8 Å². The van der Waals surface area contributed by atoms with Crippen LogP contribution in [0.15, 0.2) is 38.6 Å². The minimum atomic E-state index is -3.55. The van der Waals surface area contributed by atoms with Crippen molar-refractivity contribution in [1.29, 1.82) is 0 Å². The van der Waals surface area contributed by atoms with Gasteiger partial charge < -0.3 is 20.0 Å². The van der Waals surface area contributed by atoms with E-state index in [1.54, 1.807) is 23.5 Å². The molecule has 0 atom stereocenters. The lowest BCUT2D eigenvalue weighted by Gasteiger charge is -2.32. The summed E-state index contributed by atoms with van der Waals surface area (Å²) in [4.78, 5) is 11.0. The van der Waals surface area contributed by atoms with Gasteiger partial charge in [0.15, 0.2) is 5.96 Å². The number of sulfonamides is 1. The molecule has 164 valence electrons. The fourth-order valence-electron chi connectivity index (χ4n) is 3.24. The Morgan fingerprint density at radius 1 is 1.13 bits per heavy atom. The molecule has 0 bridgehead atoms. The number of benzene rings is 1. The summed E-state index contributed by atoms with van der Waals surface area (Å²) in [5, 5.41) is 6.32. The maximum Gasteiger partial charge on any atom is 0.243 e. The lowest BCUT2D eigenvalue weighted by atomic mass is 10.2. The topological polar surface area (TPSA) is 103 Å². The first kappa shape index (κ1) is 22.3. The van der Waals surface area contributed by atoms with Gasteiger partial charge in [-0.25, -0.2) is 13.4 Å². The molecule has 30 heavy (non-hydrogen) atoms. The summed E-state index contributed by atoms with van der Waals surface area (Å²) in [7, 11) is 0.116. The van der Waals surface area contributed by atoms with Crippen molar-refractivity contribution in [2.45, 2.75) is 31.8 Å². The van der Waals surface area contributed by atoms with E-state index < -0.39 is 10.0 Å². The van der Waals surface area contributed by atoms with Crippen molar-refractivity contribution < 1.29 is 12.8 Å². The van der Waals surface area contributed by atoms with Crippen LogP contribution in [0.2, 0.25) is 0 Å². The van der Waals surface area contributed by atoms with Crippen molar-refractivity contribution in [3.63, 3.8) is 0 Å². The average molecular weight is 435 g/mol. The highest BCUT2D eigenvalue weighted by Crippen LogP contribution is 2.21. The predicted octanol–water partition coefficient (Wildman–Crippen LogP) is 1.09. The van der Waals surface area contributed by atoms with Crippen molar-refractivity contribution in [1.82, 2.24) is 24.8 Å². The molecule has 1 aromatic carbocycles. The summed E-state index contributed by atoms with van der Waals surface area (Å²) in [6.07, 6.45) is 0. The highest BCUT2D eigenvalue weighted by atomic mass is 32.2. The highest BCUT2D eigenvalue weighted by molar-refractivity contribution is 7.89. The molecule has 1 aromatic heterocycles. The largest absolute Gasteiger partial charge is 0.444 e. The molecule has 1 aliphatic rings. The van der Waals surface area contributed by atoms with E-state index in [2.05, 4.69) is 25.5 Å². The van der Waals surface area contributed by atoms with E-state index in [-0.39, 0.29) is 0 Å². The second kappa shape index (κ2) is 9.59. The van der Waals surface area contributed by atoms with E-state index in [1.807, 2.05) is 33.0 Å². The quantitative estimate of drug-likeness (QED) is 0.518. The molecule has 10 heteroatoms. The van der Waals surface area contributed by atoms with Crippen LogP contribution in [0, 0.1) is 13.8 Å². The van der Waals surface area contributed by atoms with Crippen LogP contribution in [0.25, 0.3) is 0 Å². The Bertz CT molecular complexity index is 974. The number of oxazole rings is 1. The lowest BCUT2D eigenvalue weighted by molar-refractivity contribution is 0.222. The van der Waals surface area contributed by atoms with E-state index in [0.717, 1.165) is 24.5 Å². The molecule has 1 fully saturated rings. The highest BCUT2D eigenvalue weighted by Gasteiger charge is 2.29. The molecule has 2 aromatic rings. The van der Waals surface area contributed by atoms with Gasteiger partial charge in [0.25, 0.3) is 0 Å². The van der Waals surface area contributed by atoms with Crippen molar-refractivity contribution in [3.8, 4) is 0 Å². The van der Waals surface area contributed by atoms with Crippen LogP contribution in [0.3, 0.4) is 0 Å². The Labute approximate surface area is 178 Å². The second-order valence-electron chi connectivity index (χ2n) is 7.34. The molecule has 0 aliphatic carbocycles.